The first-order valence-electron chi connectivity index (χ1n) is 4.65. The number of rotatable bonds is 1. The molecule has 2 aromatic heterocycles. The summed E-state index contributed by atoms with van der Waals surface area (Å²) >= 11 is 0. The summed E-state index contributed by atoms with van der Waals surface area (Å²) in [5.74, 6) is 0. The Labute approximate surface area is 96.3 Å². The zero-order valence-electron chi connectivity index (χ0n) is 9.22. The van der Waals surface area contributed by atoms with Crippen molar-refractivity contribution in [1.82, 2.24) is 19.9 Å². The Bertz CT molecular complexity index is 599. The maximum Gasteiger partial charge on any atom is 0.228 e. The second kappa shape index (κ2) is 4.61. The number of hydrogen-bond acceptors (Lipinski definition) is 5. The largest absolute Gasteiger partial charge is 0.312 e. The molecule has 1 N–H and O–H groups in total. The van der Waals surface area contributed by atoms with Crippen molar-refractivity contribution in [3.05, 3.63) is 6.20 Å². The Morgan fingerprint density at radius 2 is 2.00 bits per heavy atom. The van der Waals surface area contributed by atoms with Crippen molar-refractivity contribution in [1.29, 1.82) is 0 Å². The molecule has 0 amide bonds. The van der Waals surface area contributed by atoms with Crippen molar-refractivity contribution in [2.24, 2.45) is 0 Å². The first-order valence-corrected chi connectivity index (χ1v) is 6.54. The predicted molar refractivity (Wildman–Crippen MR) is 63.6 cm³/mol. The Balaban J connectivity index is 0.000000811. The van der Waals surface area contributed by atoms with Gasteiger partial charge in [-0.25, -0.2) is 18.4 Å². The normalized spacial score (nSPS) is 10.9. The summed E-state index contributed by atoms with van der Waals surface area (Å²) in [6, 6.07) is 0. The molecular weight excluding hydrogens is 227 g/mol. The first kappa shape index (κ1) is 12.6. The molecule has 2 aromatic rings. The third-order valence-electron chi connectivity index (χ3n) is 1.56. The highest BCUT2D eigenvalue weighted by molar-refractivity contribution is 7.90. The molecule has 16 heavy (non-hydrogen) atoms. The van der Waals surface area contributed by atoms with Crippen LogP contribution in [-0.2, 0) is 9.84 Å². The molecule has 0 atom stereocenters. The number of fused-ring (bicyclic) bond motifs is 1. The molecule has 0 aromatic carbocycles. The monoisotopic (exact) mass is 240 g/mol. The van der Waals surface area contributed by atoms with E-state index in [1.165, 1.54) is 6.20 Å². The fourth-order valence-corrected chi connectivity index (χ4v) is 1.50. The smallest absolute Gasteiger partial charge is 0.228 e. The van der Waals surface area contributed by atoms with Gasteiger partial charge in [0.05, 0.1) is 0 Å². The van der Waals surface area contributed by atoms with E-state index in [0.29, 0.717) is 0 Å². The van der Waals surface area contributed by atoms with Gasteiger partial charge >= 0.3 is 0 Å². The molecule has 0 aliphatic rings. The third-order valence-corrected chi connectivity index (χ3v) is 2.45. The number of aromatic amines is 1. The van der Waals surface area contributed by atoms with Crippen LogP contribution in [0.5, 0.6) is 0 Å². The van der Waals surface area contributed by atoms with E-state index in [-0.39, 0.29) is 23.5 Å². The highest BCUT2D eigenvalue weighted by Crippen LogP contribution is 2.07. The number of hydrogen-bond donors (Lipinski definition) is 1. The molecule has 6 nitrogen and oxygen atoms in total. The second-order valence-electron chi connectivity index (χ2n) is 2.78. The summed E-state index contributed by atoms with van der Waals surface area (Å²) in [7, 11) is 2.01. The van der Waals surface area contributed by atoms with Gasteiger partial charge in [-0.3, -0.25) is 0 Å². The van der Waals surface area contributed by atoms with Crippen molar-refractivity contribution in [2.45, 2.75) is 19.0 Å². The molecule has 86 valence electrons. The Kier molecular flexibility index (Phi) is 3.64. The van der Waals surface area contributed by atoms with E-state index < -0.39 is 9.84 Å². The SMILES string of the molecule is CC.[B]c1cnc2nc(S(C)(=O)=O)[nH]c2n1.[HH]. The maximum absolute atomic E-state index is 11.1. The van der Waals surface area contributed by atoms with Crippen LogP contribution in [0.3, 0.4) is 0 Å². The summed E-state index contributed by atoms with van der Waals surface area (Å²) in [6.45, 7) is 4.00. The first-order chi connectivity index (χ1) is 7.47. The minimum absolute atomic E-state index is 0. The van der Waals surface area contributed by atoms with Gasteiger partial charge in [-0.2, -0.15) is 4.98 Å². The van der Waals surface area contributed by atoms with Crippen molar-refractivity contribution in [3.63, 3.8) is 0 Å². The van der Waals surface area contributed by atoms with Gasteiger partial charge in [-0.15, -0.1) is 0 Å². The van der Waals surface area contributed by atoms with Gasteiger partial charge in [-0.05, 0) is 0 Å². The topological polar surface area (TPSA) is 88.6 Å². The average molecular weight is 240 g/mol. The molecule has 0 aliphatic carbocycles. The third kappa shape index (κ3) is 2.57. The van der Waals surface area contributed by atoms with Gasteiger partial charge in [-0.1, -0.05) is 13.8 Å². The molecule has 8 heteroatoms. The molecule has 0 spiro atoms. The predicted octanol–water partition coefficient (Wildman–Crippen LogP) is -0.178. The molecule has 2 heterocycles. The van der Waals surface area contributed by atoms with Crippen LogP contribution in [0.2, 0.25) is 0 Å². The van der Waals surface area contributed by atoms with E-state index in [9.17, 15) is 8.42 Å². The van der Waals surface area contributed by atoms with E-state index in [2.05, 4.69) is 19.9 Å². The van der Waals surface area contributed by atoms with Gasteiger partial charge in [0.15, 0.2) is 11.3 Å². The summed E-state index contributed by atoms with van der Waals surface area (Å²) in [6.07, 6.45) is 2.36. The molecule has 0 aliphatic heterocycles. The van der Waals surface area contributed by atoms with Crippen molar-refractivity contribution < 1.29 is 9.84 Å². The quantitative estimate of drug-likeness (QED) is 0.698. The number of nitrogens with zero attached hydrogens (tertiary/aromatic N) is 3. The molecule has 2 rings (SSSR count). The summed E-state index contributed by atoms with van der Waals surface area (Å²) in [5.41, 5.74) is 0.714. The fourth-order valence-electron chi connectivity index (χ4n) is 0.963. The van der Waals surface area contributed by atoms with Gasteiger partial charge in [0.1, 0.15) is 7.85 Å². The standard InChI is InChI=1S/C6H5BN4O2S.C2H6.H2/c1-14(12,13)6-10-4-5(11-6)9-3(7)2-8-4;1-2;/h2H,1H3,(H,8,9,10,11);1-2H3;1H. The number of H-pyrrole nitrogens is 1. The van der Waals surface area contributed by atoms with Gasteiger partial charge < -0.3 is 4.98 Å². The van der Waals surface area contributed by atoms with E-state index in [1.807, 2.05) is 13.8 Å². The highest BCUT2D eigenvalue weighted by atomic mass is 32.2. The van der Waals surface area contributed by atoms with E-state index in [1.54, 1.807) is 0 Å². The van der Waals surface area contributed by atoms with Crippen LogP contribution in [-0.4, -0.2) is 42.5 Å². The lowest BCUT2D eigenvalue weighted by Crippen LogP contribution is -2.08. The van der Waals surface area contributed by atoms with E-state index in [4.69, 9.17) is 7.85 Å². The highest BCUT2D eigenvalue weighted by Gasteiger charge is 2.13. The van der Waals surface area contributed by atoms with Gasteiger partial charge in [0.2, 0.25) is 15.0 Å². The van der Waals surface area contributed by atoms with Gasteiger partial charge in [0.25, 0.3) is 0 Å². The number of sulfone groups is 1. The Morgan fingerprint density at radius 3 is 2.56 bits per heavy atom. The number of imidazole rings is 1. The van der Waals surface area contributed by atoms with Crippen LogP contribution in [0.25, 0.3) is 11.3 Å². The molecule has 2 radical (unpaired) electrons. The van der Waals surface area contributed by atoms with Crippen LogP contribution < -0.4 is 5.59 Å². The second-order valence-corrected chi connectivity index (χ2v) is 4.71. The molecule has 0 saturated carbocycles. The van der Waals surface area contributed by atoms with Crippen molar-refractivity contribution in [3.8, 4) is 0 Å². The fraction of sp³-hybridized carbons (Fsp3) is 0.375. The Morgan fingerprint density at radius 1 is 1.38 bits per heavy atom. The summed E-state index contributed by atoms with van der Waals surface area (Å²) in [4.78, 5) is 13.9. The van der Waals surface area contributed by atoms with Crippen molar-refractivity contribution in [2.75, 3.05) is 6.26 Å². The molecule has 0 bridgehead atoms. The summed E-state index contributed by atoms with van der Waals surface area (Å²) < 4.78 is 22.2. The van der Waals surface area contributed by atoms with E-state index >= 15 is 0 Å². The van der Waals surface area contributed by atoms with Crippen LogP contribution in [0.4, 0.5) is 0 Å². The zero-order chi connectivity index (χ0) is 12.3. The van der Waals surface area contributed by atoms with Crippen molar-refractivity contribution >= 4 is 34.6 Å². The lowest BCUT2D eigenvalue weighted by atomic mass is 10.1. The molecule has 0 saturated heterocycles. The van der Waals surface area contributed by atoms with Crippen LogP contribution >= 0.6 is 0 Å². The molecule has 0 fully saturated rings. The maximum atomic E-state index is 11.1. The zero-order valence-corrected chi connectivity index (χ0v) is 10.0. The number of nitrogens with one attached hydrogen (secondary N) is 1. The lowest BCUT2D eigenvalue weighted by molar-refractivity contribution is 0.595. The van der Waals surface area contributed by atoms with E-state index in [0.717, 1.165) is 6.26 Å². The van der Waals surface area contributed by atoms with Crippen LogP contribution in [0.1, 0.15) is 15.3 Å². The van der Waals surface area contributed by atoms with Crippen LogP contribution in [0.15, 0.2) is 11.4 Å². The lowest BCUT2D eigenvalue weighted by Gasteiger charge is -1.88. The Hall–Kier alpha value is -1.44. The summed E-state index contributed by atoms with van der Waals surface area (Å²) in [5, 5.41) is -0.155. The van der Waals surface area contributed by atoms with Crippen LogP contribution in [0, 0.1) is 0 Å². The number of aromatic nitrogens is 4. The minimum atomic E-state index is -3.37. The minimum Gasteiger partial charge on any atom is -0.312 e. The van der Waals surface area contributed by atoms with Gasteiger partial charge in [0, 0.05) is 19.5 Å². The average Bonchev–Trinajstić information content (AvgIpc) is 2.63. The molecular formula is C8H13BN4O2S. The molecule has 0 unspecified atom stereocenters.